The van der Waals surface area contributed by atoms with Gasteiger partial charge in [-0.15, -0.1) is 0 Å². The van der Waals surface area contributed by atoms with Crippen LogP contribution in [-0.2, 0) is 9.59 Å². The van der Waals surface area contributed by atoms with Crippen LogP contribution in [0, 0.1) is 5.92 Å². The summed E-state index contributed by atoms with van der Waals surface area (Å²) in [7, 11) is 0. The molecule has 0 saturated heterocycles. The molecule has 0 aromatic rings. The maximum Gasteiger partial charge on any atom is 0.145 e. The zero-order valence-corrected chi connectivity index (χ0v) is 7.48. The first-order chi connectivity index (χ1) is 6.27. The molecule has 0 amide bonds. The van der Waals surface area contributed by atoms with Gasteiger partial charge in [-0.25, -0.2) is 0 Å². The molecule has 1 rings (SSSR count). The highest BCUT2D eigenvalue weighted by atomic mass is 16.3. The smallest absolute Gasteiger partial charge is 0.145 e. The van der Waals surface area contributed by atoms with Crippen molar-refractivity contribution in [1.29, 1.82) is 0 Å². The lowest BCUT2D eigenvalue weighted by molar-refractivity contribution is -0.108. The highest BCUT2D eigenvalue weighted by molar-refractivity contribution is 5.73. The highest BCUT2D eigenvalue weighted by Gasteiger charge is 2.21. The van der Waals surface area contributed by atoms with E-state index in [-0.39, 0.29) is 12.0 Å². The van der Waals surface area contributed by atoms with E-state index in [0.717, 1.165) is 18.1 Å². The summed E-state index contributed by atoms with van der Waals surface area (Å²) in [6.07, 6.45) is 5.46. The Kier molecular flexibility index (Phi) is 3.83. The van der Waals surface area contributed by atoms with Crippen molar-refractivity contribution >= 4 is 12.6 Å². The van der Waals surface area contributed by atoms with Gasteiger partial charge in [-0.2, -0.15) is 0 Å². The van der Waals surface area contributed by atoms with Crippen LogP contribution in [0.15, 0.2) is 11.6 Å². The SMILES string of the molecule is O=CCCC1C=C(C=O)CCC1O. The number of hydrogen-bond donors (Lipinski definition) is 1. The topological polar surface area (TPSA) is 54.4 Å². The molecule has 2 unspecified atom stereocenters. The van der Waals surface area contributed by atoms with Crippen molar-refractivity contribution in [3.05, 3.63) is 11.6 Å². The molecule has 1 aliphatic carbocycles. The minimum absolute atomic E-state index is 0.0147. The van der Waals surface area contributed by atoms with Gasteiger partial charge in [0.2, 0.25) is 0 Å². The number of allylic oxidation sites excluding steroid dienone is 1. The van der Waals surface area contributed by atoms with Crippen LogP contribution >= 0.6 is 0 Å². The molecule has 72 valence electrons. The number of hydrogen-bond acceptors (Lipinski definition) is 3. The second kappa shape index (κ2) is 4.92. The van der Waals surface area contributed by atoms with E-state index in [4.69, 9.17) is 0 Å². The third-order valence-electron chi connectivity index (χ3n) is 2.42. The van der Waals surface area contributed by atoms with Crippen molar-refractivity contribution in [3.8, 4) is 0 Å². The molecule has 0 aromatic heterocycles. The highest BCUT2D eigenvalue weighted by Crippen LogP contribution is 2.25. The van der Waals surface area contributed by atoms with Crippen LogP contribution in [0.3, 0.4) is 0 Å². The van der Waals surface area contributed by atoms with E-state index in [1.165, 1.54) is 0 Å². The first kappa shape index (κ1) is 10.1. The van der Waals surface area contributed by atoms with Gasteiger partial charge in [-0.1, -0.05) is 6.08 Å². The largest absolute Gasteiger partial charge is 0.393 e. The predicted octanol–water partition coefficient (Wildman–Crippen LogP) is 0.862. The van der Waals surface area contributed by atoms with Gasteiger partial charge in [0, 0.05) is 12.3 Å². The van der Waals surface area contributed by atoms with E-state index in [1.807, 2.05) is 0 Å². The quantitative estimate of drug-likeness (QED) is 0.656. The van der Waals surface area contributed by atoms with Gasteiger partial charge in [-0.3, -0.25) is 4.79 Å². The maximum atomic E-state index is 10.5. The Bertz CT molecular complexity index is 220. The third kappa shape index (κ3) is 2.77. The summed E-state index contributed by atoms with van der Waals surface area (Å²) < 4.78 is 0. The molecule has 1 N–H and O–H groups in total. The summed E-state index contributed by atoms with van der Waals surface area (Å²) in [5, 5.41) is 9.53. The fraction of sp³-hybridized carbons (Fsp3) is 0.600. The van der Waals surface area contributed by atoms with E-state index < -0.39 is 0 Å². The van der Waals surface area contributed by atoms with Crippen LogP contribution in [-0.4, -0.2) is 23.8 Å². The Morgan fingerprint density at radius 2 is 2.31 bits per heavy atom. The second-order valence-electron chi connectivity index (χ2n) is 3.37. The lowest BCUT2D eigenvalue weighted by atomic mass is 9.85. The number of rotatable bonds is 4. The van der Waals surface area contributed by atoms with E-state index in [1.54, 1.807) is 6.08 Å². The Balaban J connectivity index is 2.57. The number of carbonyl (C=O) groups is 2. The van der Waals surface area contributed by atoms with Gasteiger partial charge in [0.05, 0.1) is 6.10 Å². The molecule has 13 heavy (non-hydrogen) atoms. The zero-order chi connectivity index (χ0) is 9.68. The Labute approximate surface area is 77.4 Å². The maximum absolute atomic E-state index is 10.5. The molecule has 0 aliphatic heterocycles. The van der Waals surface area contributed by atoms with Gasteiger partial charge < -0.3 is 9.90 Å². The molecular formula is C10H14O3. The van der Waals surface area contributed by atoms with Crippen LogP contribution in [0.2, 0.25) is 0 Å². The lowest BCUT2D eigenvalue weighted by Crippen LogP contribution is -2.23. The first-order valence-corrected chi connectivity index (χ1v) is 4.55. The minimum Gasteiger partial charge on any atom is -0.393 e. The molecule has 3 nitrogen and oxygen atoms in total. The van der Waals surface area contributed by atoms with Gasteiger partial charge in [-0.05, 0) is 24.8 Å². The number of aliphatic hydroxyl groups is 1. The van der Waals surface area contributed by atoms with Crippen molar-refractivity contribution in [3.63, 3.8) is 0 Å². The molecule has 0 fully saturated rings. The monoisotopic (exact) mass is 182 g/mol. The van der Waals surface area contributed by atoms with Crippen LogP contribution < -0.4 is 0 Å². The summed E-state index contributed by atoms with van der Waals surface area (Å²) in [5.41, 5.74) is 0.751. The molecule has 1 aliphatic rings. The van der Waals surface area contributed by atoms with E-state index >= 15 is 0 Å². The minimum atomic E-state index is -0.386. The standard InChI is InChI=1S/C10H14O3/c11-5-1-2-9-6-8(7-12)3-4-10(9)13/h5-7,9-10,13H,1-4H2. The Hall–Kier alpha value is -0.960. The molecule has 0 radical (unpaired) electrons. The summed E-state index contributed by atoms with van der Waals surface area (Å²) in [5.74, 6) is -0.0147. The van der Waals surface area contributed by atoms with Crippen LogP contribution in [0.5, 0.6) is 0 Å². The number of aldehydes is 2. The Morgan fingerprint density at radius 1 is 1.54 bits per heavy atom. The van der Waals surface area contributed by atoms with E-state index in [9.17, 15) is 14.7 Å². The predicted molar refractivity (Wildman–Crippen MR) is 48.2 cm³/mol. The molecule has 3 heteroatoms. The molecule has 0 aromatic carbocycles. The van der Waals surface area contributed by atoms with Gasteiger partial charge in [0.15, 0.2) is 0 Å². The first-order valence-electron chi connectivity index (χ1n) is 4.55. The van der Waals surface area contributed by atoms with E-state index in [2.05, 4.69) is 0 Å². The van der Waals surface area contributed by atoms with Crippen molar-refractivity contribution < 1.29 is 14.7 Å². The molecular weight excluding hydrogens is 168 g/mol. The number of carbonyl (C=O) groups excluding carboxylic acids is 2. The Morgan fingerprint density at radius 3 is 2.92 bits per heavy atom. The molecule has 0 saturated carbocycles. The fourth-order valence-corrected chi connectivity index (χ4v) is 1.63. The van der Waals surface area contributed by atoms with Crippen LogP contribution in [0.4, 0.5) is 0 Å². The summed E-state index contributed by atoms with van der Waals surface area (Å²) in [6, 6.07) is 0. The molecule has 0 bridgehead atoms. The van der Waals surface area contributed by atoms with E-state index in [0.29, 0.717) is 25.7 Å². The summed E-state index contributed by atoms with van der Waals surface area (Å²) in [4.78, 5) is 20.6. The summed E-state index contributed by atoms with van der Waals surface area (Å²) >= 11 is 0. The van der Waals surface area contributed by atoms with Crippen molar-refractivity contribution in [2.75, 3.05) is 0 Å². The average molecular weight is 182 g/mol. The lowest BCUT2D eigenvalue weighted by Gasteiger charge is -2.24. The van der Waals surface area contributed by atoms with Gasteiger partial charge in [0.25, 0.3) is 0 Å². The summed E-state index contributed by atoms with van der Waals surface area (Å²) in [6.45, 7) is 0. The van der Waals surface area contributed by atoms with Crippen LogP contribution in [0.1, 0.15) is 25.7 Å². The van der Waals surface area contributed by atoms with Crippen molar-refractivity contribution in [2.45, 2.75) is 31.8 Å². The average Bonchev–Trinajstić information content (AvgIpc) is 2.17. The van der Waals surface area contributed by atoms with Gasteiger partial charge in [0.1, 0.15) is 12.6 Å². The third-order valence-corrected chi connectivity index (χ3v) is 2.42. The molecule has 0 spiro atoms. The normalized spacial score (nSPS) is 27.9. The zero-order valence-electron chi connectivity index (χ0n) is 7.48. The van der Waals surface area contributed by atoms with Crippen molar-refractivity contribution in [1.82, 2.24) is 0 Å². The van der Waals surface area contributed by atoms with Crippen LogP contribution in [0.25, 0.3) is 0 Å². The fourth-order valence-electron chi connectivity index (χ4n) is 1.63. The number of aliphatic hydroxyl groups excluding tert-OH is 1. The van der Waals surface area contributed by atoms with Crippen molar-refractivity contribution in [2.24, 2.45) is 5.92 Å². The molecule has 2 atom stereocenters. The second-order valence-corrected chi connectivity index (χ2v) is 3.37. The molecule has 0 heterocycles. The van der Waals surface area contributed by atoms with Gasteiger partial charge >= 0.3 is 0 Å².